The number of hydrogen-bond donors (Lipinski definition) is 2. The molecular weight excluding hydrogens is 536 g/mol. The number of carbonyl (C=O) groups is 4. The second kappa shape index (κ2) is 11.0. The second-order valence-corrected chi connectivity index (χ2v) is 8.89. The van der Waals surface area contributed by atoms with Crippen LogP contribution in [0.5, 0.6) is 0 Å². The van der Waals surface area contributed by atoms with Crippen LogP contribution in [-0.2, 0) is 14.3 Å². The highest BCUT2D eigenvalue weighted by Gasteiger charge is 2.39. The number of imide groups is 1. The molecule has 0 aromatic heterocycles. The van der Waals surface area contributed by atoms with E-state index in [0.29, 0.717) is 11.3 Å². The molecule has 3 amide bonds. The third-order valence-corrected chi connectivity index (χ3v) is 6.26. The van der Waals surface area contributed by atoms with Crippen LogP contribution in [0.4, 0.5) is 21.5 Å². The van der Waals surface area contributed by atoms with E-state index in [4.69, 9.17) is 27.9 Å². The van der Waals surface area contributed by atoms with Gasteiger partial charge in [-0.3, -0.25) is 14.4 Å². The van der Waals surface area contributed by atoms with Crippen LogP contribution in [0.25, 0.3) is 0 Å². The maximum atomic E-state index is 13.6. The van der Waals surface area contributed by atoms with Crippen molar-refractivity contribution in [2.45, 2.75) is 13.8 Å². The zero-order valence-electron chi connectivity index (χ0n) is 20.1. The smallest absolute Gasteiger partial charge is 0.340 e. The standard InChI is InChI=1S/C27H20Cl2FN3O5/c1-3-38-27(37)17-6-4-5-7-20(17)32-24(34)15-9-8-14(2)21(12-15)31-23-22(29)25(35)33(26(23)36)16-10-11-19(30)18(28)13-16/h4-13,31H,3H2,1-2H3,(H,32,34). The van der Waals surface area contributed by atoms with Gasteiger partial charge in [-0.05, 0) is 61.9 Å². The van der Waals surface area contributed by atoms with E-state index in [-0.39, 0.29) is 44.9 Å². The van der Waals surface area contributed by atoms with E-state index < -0.39 is 29.5 Å². The molecule has 0 aliphatic carbocycles. The molecule has 4 rings (SSSR count). The maximum Gasteiger partial charge on any atom is 0.340 e. The topological polar surface area (TPSA) is 105 Å². The molecule has 1 aliphatic heterocycles. The molecule has 8 nitrogen and oxygen atoms in total. The maximum absolute atomic E-state index is 13.6. The first-order chi connectivity index (χ1) is 18.1. The lowest BCUT2D eigenvalue weighted by Crippen LogP contribution is -2.32. The highest BCUT2D eigenvalue weighted by atomic mass is 35.5. The molecule has 1 heterocycles. The number of anilines is 3. The van der Waals surface area contributed by atoms with Gasteiger partial charge >= 0.3 is 5.97 Å². The van der Waals surface area contributed by atoms with Gasteiger partial charge in [0, 0.05) is 11.3 Å². The Morgan fingerprint density at radius 3 is 2.42 bits per heavy atom. The van der Waals surface area contributed by atoms with Gasteiger partial charge in [0.1, 0.15) is 16.5 Å². The van der Waals surface area contributed by atoms with Crippen molar-refractivity contribution in [1.29, 1.82) is 0 Å². The van der Waals surface area contributed by atoms with Crippen LogP contribution in [-0.4, -0.2) is 30.3 Å². The number of amides is 3. The summed E-state index contributed by atoms with van der Waals surface area (Å²) >= 11 is 12.0. The molecule has 0 atom stereocenters. The Morgan fingerprint density at radius 1 is 0.974 bits per heavy atom. The van der Waals surface area contributed by atoms with Crippen molar-refractivity contribution in [2.75, 3.05) is 22.1 Å². The van der Waals surface area contributed by atoms with Gasteiger partial charge in [0.2, 0.25) is 0 Å². The highest BCUT2D eigenvalue weighted by Crippen LogP contribution is 2.33. The van der Waals surface area contributed by atoms with Crippen LogP contribution in [0.15, 0.2) is 71.4 Å². The van der Waals surface area contributed by atoms with E-state index in [0.717, 1.165) is 17.0 Å². The third-order valence-electron chi connectivity index (χ3n) is 5.62. The molecule has 194 valence electrons. The summed E-state index contributed by atoms with van der Waals surface area (Å²) in [5.41, 5.74) is 1.48. The van der Waals surface area contributed by atoms with Crippen molar-refractivity contribution in [2.24, 2.45) is 0 Å². The van der Waals surface area contributed by atoms with Gasteiger partial charge in [-0.15, -0.1) is 0 Å². The summed E-state index contributed by atoms with van der Waals surface area (Å²) in [6, 6.07) is 14.5. The van der Waals surface area contributed by atoms with E-state index >= 15 is 0 Å². The predicted octanol–water partition coefficient (Wildman–Crippen LogP) is 5.65. The molecule has 11 heteroatoms. The van der Waals surface area contributed by atoms with Gasteiger partial charge in [-0.2, -0.15) is 0 Å². The Kier molecular flexibility index (Phi) is 7.80. The number of para-hydroxylation sites is 1. The van der Waals surface area contributed by atoms with Crippen LogP contribution >= 0.6 is 23.2 Å². The summed E-state index contributed by atoms with van der Waals surface area (Å²) in [6.45, 7) is 3.59. The van der Waals surface area contributed by atoms with Crippen LogP contribution in [0.3, 0.4) is 0 Å². The van der Waals surface area contributed by atoms with Crippen molar-refractivity contribution >= 4 is 64.0 Å². The fourth-order valence-electron chi connectivity index (χ4n) is 3.68. The van der Waals surface area contributed by atoms with Gasteiger partial charge in [-0.25, -0.2) is 14.1 Å². The van der Waals surface area contributed by atoms with Crippen molar-refractivity contribution < 1.29 is 28.3 Å². The quantitative estimate of drug-likeness (QED) is 0.288. The van der Waals surface area contributed by atoms with Crippen LogP contribution < -0.4 is 15.5 Å². The monoisotopic (exact) mass is 555 g/mol. The molecule has 1 aliphatic rings. The Balaban J connectivity index is 1.58. The minimum atomic E-state index is -0.816. The Labute approximate surface area is 227 Å². The number of esters is 1. The average Bonchev–Trinajstić information content (AvgIpc) is 3.10. The lowest BCUT2D eigenvalue weighted by molar-refractivity contribution is -0.120. The summed E-state index contributed by atoms with van der Waals surface area (Å²) in [5, 5.41) is 4.89. The van der Waals surface area contributed by atoms with Crippen LogP contribution in [0.1, 0.15) is 33.2 Å². The van der Waals surface area contributed by atoms with Gasteiger partial charge in [-0.1, -0.05) is 41.4 Å². The number of nitrogens with zero attached hydrogens (tertiary/aromatic N) is 1. The molecule has 0 fully saturated rings. The van der Waals surface area contributed by atoms with Crippen molar-refractivity contribution in [3.05, 3.63) is 98.9 Å². The SMILES string of the molecule is CCOC(=O)c1ccccc1NC(=O)c1ccc(C)c(NC2=C(Cl)C(=O)N(c3ccc(F)c(Cl)c3)C2=O)c1. The number of halogens is 3. The largest absolute Gasteiger partial charge is 0.462 e. The molecule has 0 spiro atoms. The van der Waals surface area contributed by atoms with Crippen LogP contribution in [0, 0.1) is 12.7 Å². The molecule has 0 saturated heterocycles. The molecule has 0 unspecified atom stereocenters. The molecule has 0 saturated carbocycles. The van der Waals surface area contributed by atoms with Crippen LogP contribution in [0.2, 0.25) is 5.02 Å². The minimum Gasteiger partial charge on any atom is -0.462 e. The summed E-state index contributed by atoms with van der Waals surface area (Å²) in [5.74, 6) is -3.40. The fraction of sp³-hybridized carbons (Fsp3) is 0.111. The van der Waals surface area contributed by atoms with Crippen molar-refractivity contribution in [1.82, 2.24) is 0 Å². The predicted molar refractivity (Wildman–Crippen MR) is 142 cm³/mol. The number of benzene rings is 3. The number of ether oxygens (including phenoxy) is 1. The highest BCUT2D eigenvalue weighted by molar-refractivity contribution is 6.53. The van der Waals surface area contributed by atoms with Crippen molar-refractivity contribution in [3.8, 4) is 0 Å². The Hall–Kier alpha value is -4.21. The Bertz CT molecular complexity index is 1520. The molecule has 2 N–H and O–H groups in total. The lowest BCUT2D eigenvalue weighted by atomic mass is 10.1. The number of carbonyl (C=O) groups excluding carboxylic acids is 4. The first-order valence-corrected chi connectivity index (χ1v) is 12.1. The van der Waals surface area contributed by atoms with Gasteiger partial charge in [0.25, 0.3) is 17.7 Å². The number of nitrogens with one attached hydrogen (secondary N) is 2. The summed E-state index contributed by atoms with van der Waals surface area (Å²) < 4.78 is 18.6. The second-order valence-electron chi connectivity index (χ2n) is 8.11. The normalized spacial score (nSPS) is 13.1. The molecule has 3 aromatic carbocycles. The zero-order chi connectivity index (χ0) is 27.6. The third kappa shape index (κ3) is 5.25. The van der Waals surface area contributed by atoms with E-state index in [1.165, 1.54) is 18.2 Å². The first-order valence-electron chi connectivity index (χ1n) is 11.3. The lowest BCUT2D eigenvalue weighted by Gasteiger charge is -2.16. The molecule has 3 aromatic rings. The first kappa shape index (κ1) is 26.8. The number of rotatable bonds is 7. The van der Waals surface area contributed by atoms with E-state index in [1.807, 2.05) is 0 Å². The van der Waals surface area contributed by atoms with E-state index in [1.54, 1.807) is 44.2 Å². The summed E-state index contributed by atoms with van der Waals surface area (Å²) in [6.07, 6.45) is 0. The molecular formula is C27H20Cl2FN3O5. The minimum absolute atomic E-state index is 0.0477. The summed E-state index contributed by atoms with van der Waals surface area (Å²) in [7, 11) is 0. The molecule has 0 bridgehead atoms. The fourth-order valence-corrected chi connectivity index (χ4v) is 4.06. The van der Waals surface area contributed by atoms with Gasteiger partial charge < -0.3 is 15.4 Å². The Morgan fingerprint density at radius 2 is 1.71 bits per heavy atom. The molecule has 38 heavy (non-hydrogen) atoms. The van der Waals surface area contributed by atoms with Crippen molar-refractivity contribution in [3.63, 3.8) is 0 Å². The zero-order valence-corrected chi connectivity index (χ0v) is 21.6. The average molecular weight is 556 g/mol. The van der Waals surface area contributed by atoms with Gasteiger partial charge in [0.05, 0.1) is 28.6 Å². The van der Waals surface area contributed by atoms with E-state index in [9.17, 15) is 23.6 Å². The molecule has 0 radical (unpaired) electrons. The number of hydrogen-bond acceptors (Lipinski definition) is 6. The van der Waals surface area contributed by atoms with E-state index in [2.05, 4.69) is 10.6 Å². The number of aryl methyl sites for hydroxylation is 1. The summed E-state index contributed by atoms with van der Waals surface area (Å²) in [4.78, 5) is 51.9. The van der Waals surface area contributed by atoms with Gasteiger partial charge in [0.15, 0.2) is 0 Å².